The molecule has 6 nitrogen and oxygen atoms in total. The van der Waals surface area contributed by atoms with Gasteiger partial charge in [-0.2, -0.15) is 0 Å². The fourth-order valence-electron chi connectivity index (χ4n) is 3.25. The number of hydrogen-bond acceptors (Lipinski definition) is 4. The van der Waals surface area contributed by atoms with Crippen LogP contribution in [0.2, 0.25) is 0 Å². The van der Waals surface area contributed by atoms with Crippen molar-refractivity contribution < 1.29 is 14.6 Å². The third-order valence-corrected chi connectivity index (χ3v) is 5.25. The third kappa shape index (κ3) is 6.80. The molecular weight excluding hydrogens is 457 g/mol. The topological polar surface area (TPSA) is 75.1 Å². The molecule has 0 bridgehead atoms. The van der Waals surface area contributed by atoms with Crippen LogP contribution in [0.1, 0.15) is 32.3 Å². The van der Waals surface area contributed by atoms with Gasteiger partial charge in [-0.3, -0.25) is 4.99 Å². The van der Waals surface area contributed by atoms with E-state index in [0.717, 1.165) is 44.2 Å². The Bertz CT molecular complexity index is 585. The Hall–Kier alpha value is -1.06. The summed E-state index contributed by atoms with van der Waals surface area (Å²) in [7, 11) is 3.45. The van der Waals surface area contributed by atoms with E-state index in [2.05, 4.69) is 41.6 Å². The van der Waals surface area contributed by atoms with Crippen LogP contribution >= 0.6 is 24.0 Å². The van der Waals surface area contributed by atoms with Crippen molar-refractivity contribution in [2.45, 2.75) is 32.1 Å². The number of aliphatic hydroxyl groups is 1. The van der Waals surface area contributed by atoms with Crippen molar-refractivity contribution in [1.82, 2.24) is 10.6 Å². The molecule has 0 radical (unpaired) electrons. The molecule has 0 aliphatic carbocycles. The summed E-state index contributed by atoms with van der Waals surface area (Å²) in [6.07, 6.45) is 1.71. The summed E-state index contributed by atoms with van der Waals surface area (Å²) in [5.41, 5.74) is 1.18. The van der Waals surface area contributed by atoms with E-state index in [9.17, 15) is 5.11 Å². The number of aliphatic hydroxyl groups excluding tert-OH is 1. The molecule has 1 aliphatic heterocycles. The predicted octanol–water partition coefficient (Wildman–Crippen LogP) is 2.54. The second kappa shape index (κ2) is 11.1. The molecule has 0 spiro atoms. The minimum absolute atomic E-state index is 0. The third-order valence-electron chi connectivity index (χ3n) is 5.25. The van der Waals surface area contributed by atoms with Gasteiger partial charge in [0.15, 0.2) is 5.96 Å². The Morgan fingerprint density at radius 3 is 2.52 bits per heavy atom. The van der Waals surface area contributed by atoms with E-state index < -0.39 is 0 Å². The molecule has 2 rings (SSSR count). The van der Waals surface area contributed by atoms with Gasteiger partial charge in [0.25, 0.3) is 0 Å². The van der Waals surface area contributed by atoms with Gasteiger partial charge in [0.1, 0.15) is 5.75 Å². The van der Waals surface area contributed by atoms with Gasteiger partial charge in [-0.05, 0) is 30.5 Å². The molecule has 1 aromatic carbocycles. The van der Waals surface area contributed by atoms with Crippen molar-refractivity contribution in [1.29, 1.82) is 0 Å². The molecule has 1 unspecified atom stereocenters. The summed E-state index contributed by atoms with van der Waals surface area (Å²) in [6, 6.07) is 8.18. The van der Waals surface area contributed by atoms with E-state index in [-0.39, 0.29) is 41.4 Å². The summed E-state index contributed by atoms with van der Waals surface area (Å²) < 4.78 is 10.8. The molecule has 7 heteroatoms. The number of nitrogens with one attached hydrogen (secondary N) is 2. The van der Waals surface area contributed by atoms with Gasteiger partial charge in [0, 0.05) is 44.2 Å². The molecule has 1 saturated heterocycles. The number of methoxy groups -OCH3 is 1. The van der Waals surface area contributed by atoms with Gasteiger partial charge >= 0.3 is 0 Å². The fourth-order valence-corrected chi connectivity index (χ4v) is 3.25. The van der Waals surface area contributed by atoms with Gasteiger partial charge in [-0.15, -0.1) is 24.0 Å². The molecule has 27 heavy (non-hydrogen) atoms. The highest BCUT2D eigenvalue weighted by Crippen LogP contribution is 2.31. The number of halogens is 1. The maximum atomic E-state index is 9.35. The fraction of sp³-hybridized carbons (Fsp3) is 0.650. The van der Waals surface area contributed by atoms with Gasteiger partial charge in [0.2, 0.25) is 0 Å². The number of rotatable bonds is 8. The summed E-state index contributed by atoms with van der Waals surface area (Å²) in [4.78, 5) is 4.34. The molecule has 0 amide bonds. The van der Waals surface area contributed by atoms with Crippen LogP contribution in [0.15, 0.2) is 29.3 Å². The molecular formula is C20H34IN3O3. The minimum atomic E-state index is -0.0524. The van der Waals surface area contributed by atoms with Crippen molar-refractivity contribution in [3.05, 3.63) is 29.8 Å². The summed E-state index contributed by atoms with van der Waals surface area (Å²) in [6.45, 7) is 7.54. The first-order valence-electron chi connectivity index (χ1n) is 9.22. The number of guanidine groups is 1. The van der Waals surface area contributed by atoms with Crippen LogP contribution in [0.5, 0.6) is 5.75 Å². The largest absolute Gasteiger partial charge is 0.497 e. The average molecular weight is 491 g/mol. The van der Waals surface area contributed by atoms with Crippen molar-refractivity contribution in [2.24, 2.45) is 10.4 Å². The monoisotopic (exact) mass is 491 g/mol. The van der Waals surface area contributed by atoms with Crippen LogP contribution in [0.25, 0.3) is 0 Å². The standard InChI is InChI=1S/C20H33N3O3.HI/c1-19(2,16-5-7-17(25-4)8-6-16)13-22-18(21-3)23-14-20(9-11-24)10-12-26-15-20;/h5-8,24H,9-15H2,1-4H3,(H2,21,22,23);1H. The highest BCUT2D eigenvalue weighted by Gasteiger charge is 2.34. The van der Waals surface area contributed by atoms with Gasteiger partial charge < -0.3 is 25.2 Å². The summed E-state index contributed by atoms with van der Waals surface area (Å²) in [5.74, 6) is 1.64. The number of ether oxygens (including phenoxy) is 2. The molecule has 3 N–H and O–H groups in total. The molecule has 1 heterocycles. The maximum Gasteiger partial charge on any atom is 0.191 e. The van der Waals surface area contributed by atoms with Gasteiger partial charge in [-0.25, -0.2) is 0 Å². The zero-order valence-electron chi connectivity index (χ0n) is 16.9. The molecule has 1 aliphatic rings. The Labute approximate surface area is 180 Å². The SMILES string of the molecule is CN=C(NCC1(CCO)CCOC1)NCC(C)(C)c1ccc(OC)cc1.I. The molecule has 154 valence electrons. The zero-order valence-corrected chi connectivity index (χ0v) is 19.2. The highest BCUT2D eigenvalue weighted by atomic mass is 127. The first kappa shape index (κ1) is 24.0. The van der Waals surface area contributed by atoms with E-state index in [1.54, 1.807) is 14.2 Å². The smallest absolute Gasteiger partial charge is 0.191 e. The molecule has 1 fully saturated rings. The van der Waals surface area contributed by atoms with Crippen LogP contribution < -0.4 is 15.4 Å². The highest BCUT2D eigenvalue weighted by molar-refractivity contribution is 14.0. The minimum Gasteiger partial charge on any atom is -0.497 e. The second-order valence-electron chi connectivity index (χ2n) is 7.67. The molecule has 0 aromatic heterocycles. The lowest BCUT2D eigenvalue weighted by atomic mass is 9.84. The van der Waals surface area contributed by atoms with E-state index in [1.165, 1.54) is 5.56 Å². The van der Waals surface area contributed by atoms with Crippen LogP contribution in [0, 0.1) is 5.41 Å². The Balaban J connectivity index is 0.00000364. The Morgan fingerprint density at radius 2 is 2.00 bits per heavy atom. The lowest BCUT2D eigenvalue weighted by Crippen LogP contribution is -2.47. The van der Waals surface area contributed by atoms with Crippen molar-refractivity contribution in [2.75, 3.05) is 47.1 Å². The lowest BCUT2D eigenvalue weighted by Gasteiger charge is -2.30. The number of benzene rings is 1. The first-order valence-corrected chi connectivity index (χ1v) is 9.22. The Morgan fingerprint density at radius 1 is 1.30 bits per heavy atom. The van der Waals surface area contributed by atoms with E-state index in [0.29, 0.717) is 6.61 Å². The quantitative estimate of drug-likeness (QED) is 0.296. The zero-order chi connectivity index (χ0) is 19.0. The van der Waals surface area contributed by atoms with E-state index >= 15 is 0 Å². The van der Waals surface area contributed by atoms with Crippen molar-refractivity contribution >= 4 is 29.9 Å². The van der Waals surface area contributed by atoms with Crippen LogP contribution in [0.4, 0.5) is 0 Å². The second-order valence-corrected chi connectivity index (χ2v) is 7.67. The summed E-state index contributed by atoms with van der Waals surface area (Å²) >= 11 is 0. The van der Waals surface area contributed by atoms with E-state index in [4.69, 9.17) is 9.47 Å². The van der Waals surface area contributed by atoms with Crippen LogP contribution in [-0.4, -0.2) is 58.1 Å². The lowest BCUT2D eigenvalue weighted by molar-refractivity contribution is 0.127. The number of aliphatic imine (C=N–C) groups is 1. The first-order chi connectivity index (χ1) is 12.4. The number of hydrogen-bond donors (Lipinski definition) is 3. The average Bonchev–Trinajstić information content (AvgIpc) is 3.11. The number of nitrogens with zero attached hydrogens (tertiary/aromatic N) is 1. The van der Waals surface area contributed by atoms with Crippen LogP contribution in [0.3, 0.4) is 0 Å². The predicted molar refractivity (Wildman–Crippen MR) is 120 cm³/mol. The molecule has 1 atom stereocenters. The normalized spacial score (nSPS) is 20.1. The van der Waals surface area contributed by atoms with Gasteiger partial charge in [-0.1, -0.05) is 26.0 Å². The van der Waals surface area contributed by atoms with Gasteiger partial charge in [0.05, 0.1) is 13.7 Å². The van der Waals surface area contributed by atoms with E-state index in [1.807, 2.05) is 12.1 Å². The maximum absolute atomic E-state index is 9.35. The molecule has 1 aromatic rings. The summed E-state index contributed by atoms with van der Waals surface area (Å²) in [5, 5.41) is 16.2. The Kier molecular flexibility index (Phi) is 9.83. The van der Waals surface area contributed by atoms with Crippen molar-refractivity contribution in [3.63, 3.8) is 0 Å². The molecule has 0 saturated carbocycles. The van der Waals surface area contributed by atoms with Crippen LogP contribution in [-0.2, 0) is 10.2 Å². The van der Waals surface area contributed by atoms with Crippen molar-refractivity contribution in [3.8, 4) is 5.75 Å².